The van der Waals surface area contributed by atoms with Crippen molar-refractivity contribution in [2.24, 2.45) is 0 Å². The van der Waals surface area contributed by atoms with Crippen LogP contribution in [0.3, 0.4) is 0 Å². The molecule has 0 fully saturated rings. The van der Waals surface area contributed by atoms with E-state index in [4.69, 9.17) is 39.5 Å². The van der Waals surface area contributed by atoms with Gasteiger partial charge in [-0.1, -0.05) is 23.2 Å². The molecule has 0 aliphatic rings. The monoisotopic (exact) mass is 359 g/mol. The highest BCUT2D eigenvalue weighted by Crippen LogP contribution is 2.27. The maximum Gasteiger partial charge on any atom is 0.256 e. The number of benzene rings is 2. The highest BCUT2D eigenvalue weighted by molar-refractivity contribution is 6.68. The maximum atomic E-state index is 11.1. The van der Waals surface area contributed by atoms with Crippen molar-refractivity contribution in [1.29, 1.82) is 0 Å². The molecule has 0 spiro atoms. The van der Waals surface area contributed by atoms with Crippen LogP contribution in [0.1, 0.15) is 10.4 Å². The number of aromatic hydroxyl groups is 1. The van der Waals surface area contributed by atoms with Crippen molar-refractivity contribution in [2.75, 3.05) is 18.5 Å². The molecule has 2 rings (SSSR count). The van der Waals surface area contributed by atoms with E-state index >= 15 is 0 Å². The number of carbonyl (C=O) groups excluding carboxylic acids is 1. The number of halogens is 3. The second-order valence-corrected chi connectivity index (χ2v) is 5.54. The minimum atomic E-state index is -0.717. The molecular weight excluding hydrogens is 349 g/mol. The predicted octanol–water partition coefficient (Wildman–Crippen LogP) is 4.57. The molecule has 0 saturated carbocycles. The van der Waals surface area contributed by atoms with Crippen molar-refractivity contribution in [3.05, 3.63) is 52.0 Å². The van der Waals surface area contributed by atoms with Crippen LogP contribution in [0.5, 0.6) is 11.5 Å². The minimum absolute atomic E-state index is 0.0494. The highest BCUT2D eigenvalue weighted by Gasteiger charge is 2.09. The summed E-state index contributed by atoms with van der Waals surface area (Å²) in [6.45, 7) is 0.825. The SMILES string of the molecule is O=C(Cl)c1cc(NCCOc2ccc(Cl)cc2Cl)ccc1O. The normalized spacial score (nSPS) is 10.3. The van der Waals surface area contributed by atoms with Gasteiger partial charge in [0.15, 0.2) is 0 Å². The Labute approximate surface area is 142 Å². The predicted molar refractivity (Wildman–Crippen MR) is 88.7 cm³/mol. The van der Waals surface area contributed by atoms with Crippen molar-refractivity contribution < 1.29 is 14.6 Å². The standard InChI is InChI=1S/C15H12Cl3NO3/c16-9-1-4-14(12(17)7-9)22-6-5-19-10-2-3-13(20)11(8-10)15(18)21/h1-4,7-8,19-20H,5-6H2. The molecule has 0 aromatic heterocycles. The Balaban J connectivity index is 1.89. The van der Waals surface area contributed by atoms with E-state index in [0.29, 0.717) is 34.6 Å². The lowest BCUT2D eigenvalue weighted by Gasteiger charge is -2.11. The van der Waals surface area contributed by atoms with E-state index in [2.05, 4.69) is 5.32 Å². The molecule has 7 heteroatoms. The molecule has 2 aromatic rings. The molecule has 22 heavy (non-hydrogen) atoms. The summed E-state index contributed by atoms with van der Waals surface area (Å²) in [5.41, 5.74) is 0.695. The van der Waals surface area contributed by atoms with Gasteiger partial charge in [-0.15, -0.1) is 0 Å². The summed E-state index contributed by atoms with van der Waals surface area (Å²) in [4.78, 5) is 11.1. The van der Waals surface area contributed by atoms with Gasteiger partial charge in [-0.2, -0.15) is 0 Å². The van der Waals surface area contributed by atoms with Crippen LogP contribution in [0.2, 0.25) is 10.0 Å². The summed E-state index contributed by atoms with van der Waals surface area (Å²) in [6.07, 6.45) is 0. The van der Waals surface area contributed by atoms with Gasteiger partial charge in [0.05, 0.1) is 10.6 Å². The van der Waals surface area contributed by atoms with Crippen molar-refractivity contribution >= 4 is 45.7 Å². The van der Waals surface area contributed by atoms with Gasteiger partial charge in [-0.25, -0.2) is 0 Å². The number of carbonyl (C=O) groups is 1. The summed E-state index contributed by atoms with van der Waals surface area (Å²) in [7, 11) is 0. The summed E-state index contributed by atoms with van der Waals surface area (Å²) in [5, 5.41) is 12.8. The Morgan fingerprint density at radius 3 is 2.64 bits per heavy atom. The first-order valence-electron chi connectivity index (χ1n) is 6.32. The molecular formula is C15H12Cl3NO3. The zero-order chi connectivity index (χ0) is 16.1. The van der Waals surface area contributed by atoms with Crippen LogP contribution in [-0.4, -0.2) is 23.5 Å². The Morgan fingerprint density at radius 1 is 1.18 bits per heavy atom. The number of phenolic OH excluding ortho intramolecular Hbond substituents is 1. The quantitative estimate of drug-likeness (QED) is 0.450. The lowest BCUT2D eigenvalue weighted by molar-refractivity contribution is 0.107. The minimum Gasteiger partial charge on any atom is -0.507 e. The molecule has 0 radical (unpaired) electrons. The molecule has 2 aromatic carbocycles. The van der Waals surface area contributed by atoms with Crippen LogP contribution < -0.4 is 10.1 Å². The van der Waals surface area contributed by atoms with Crippen LogP contribution in [0.4, 0.5) is 5.69 Å². The average molecular weight is 361 g/mol. The molecule has 0 saturated heterocycles. The molecule has 0 unspecified atom stereocenters. The number of ether oxygens (including phenoxy) is 1. The third-order valence-corrected chi connectivity index (χ3v) is 3.53. The second-order valence-electron chi connectivity index (χ2n) is 4.36. The van der Waals surface area contributed by atoms with Crippen molar-refractivity contribution in [3.63, 3.8) is 0 Å². The fourth-order valence-electron chi connectivity index (χ4n) is 1.75. The first kappa shape index (κ1) is 16.7. The molecule has 0 amide bonds. The lowest BCUT2D eigenvalue weighted by Crippen LogP contribution is -2.12. The number of anilines is 1. The Kier molecular flexibility index (Phi) is 5.77. The van der Waals surface area contributed by atoms with E-state index in [0.717, 1.165) is 0 Å². The molecule has 116 valence electrons. The Morgan fingerprint density at radius 2 is 1.95 bits per heavy atom. The number of hydrogen-bond donors (Lipinski definition) is 2. The van der Waals surface area contributed by atoms with E-state index in [1.54, 1.807) is 24.3 Å². The van der Waals surface area contributed by atoms with Crippen LogP contribution in [0.25, 0.3) is 0 Å². The molecule has 0 atom stereocenters. The van der Waals surface area contributed by atoms with Crippen LogP contribution in [-0.2, 0) is 0 Å². The van der Waals surface area contributed by atoms with Crippen molar-refractivity contribution in [1.82, 2.24) is 0 Å². The van der Waals surface area contributed by atoms with Gasteiger partial charge in [0, 0.05) is 17.3 Å². The third-order valence-electron chi connectivity index (χ3n) is 2.79. The van der Waals surface area contributed by atoms with Gasteiger partial charge in [-0.3, -0.25) is 4.79 Å². The molecule has 0 bridgehead atoms. The summed E-state index contributed by atoms with van der Waals surface area (Å²) < 4.78 is 5.52. The van der Waals surface area contributed by atoms with Gasteiger partial charge in [0.2, 0.25) is 0 Å². The summed E-state index contributed by atoms with van der Waals surface area (Å²) >= 11 is 17.2. The topological polar surface area (TPSA) is 58.6 Å². The summed E-state index contributed by atoms with van der Waals surface area (Å²) in [5.74, 6) is 0.380. The lowest BCUT2D eigenvalue weighted by atomic mass is 10.2. The number of nitrogens with one attached hydrogen (secondary N) is 1. The fraction of sp³-hybridized carbons (Fsp3) is 0.133. The van der Waals surface area contributed by atoms with Gasteiger partial charge < -0.3 is 15.2 Å². The zero-order valence-corrected chi connectivity index (χ0v) is 13.5. The molecule has 2 N–H and O–H groups in total. The molecule has 4 nitrogen and oxygen atoms in total. The fourth-order valence-corrected chi connectivity index (χ4v) is 2.37. The smallest absolute Gasteiger partial charge is 0.256 e. The first-order valence-corrected chi connectivity index (χ1v) is 7.45. The number of rotatable bonds is 6. The van der Waals surface area contributed by atoms with Gasteiger partial charge in [0.1, 0.15) is 18.1 Å². The van der Waals surface area contributed by atoms with Crippen LogP contribution in [0.15, 0.2) is 36.4 Å². The molecule has 0 aliphatic carbocycles. The Bertz CT molecular complexity index is 692. The largest absolute Gasteiger partial charge is 0.507 e. The van der Waals surface area contributed by atoms with E-state index in [9.17, 15) is 9.90 Å². The third kappa shape index (κ3) is 4.44. The van der Waals surface area contributed by atoms with E-state index in [1.165, 1.54) is 12.1 Å². The first-order chi connectivity index (χ1) is 10.5. The number of hydrogen-bond acceptors (Lipinski definition) is 4. The Hall–Kier alpha value is -1.62. The van der Waals surface area contributed by atoms with E-state index in [-0.39, 0.29) is 11.3 Å². The van der Waals surface area contributed by atoms with Crippen molar-refractivity contribution in [2.45, 2.75) is 0 Å². The van der Waals surface area contributed by atoms with Crippen molar-refractivity contribution in [3.8, 4) is 11.5 Å². The highest BCUT2D eigenvalue weighted by atomic mass is 35.5. The van der Waals surface area contributed by atoms with Gasteiger partial charge in [0.25, 0.3) is 5.24 Å². The average Bonchev–Trinajstić information content (AvgIpc) is 2.46. The van der Waals surface area contributed by atoms with Gasteiger partial charge >= 0.3 is 0 Å². The van der Waals surface area contributed by atoms with E-state index < -0.39 is 5.24 Å². The second kappa shape index (κ2) is 7.58. The summed E-state index contributed by atoms with van der Waals surface area (Å²) in [6, 6.07) is 9.48. The maximum absolute atomic E-state index is 11.1. The van der Waals surface area contributed by atoms with Crippen LogP contribution in [0, 0.1) is 0 Å². The van der Waals surface area contributed by atoms with E-state index in [1.807, 2.05) is 0 Å². The van der Waals surface area contributed by atoms with Crippen LogP contribution >= 0.6 is 34.8 Å². The molecule has 0 heterocycles. The number of phenols is 1. The zero-order valence-electron chi connectivity index (χ0n) is 11.3. The molecule has 0 aliphatic heterocycles. The van der Waals surface area contributed by atoms with Gasteiger partial charge in [-0.05, 0) is 48.0 Å².